The van der Waals surface area contributed by atoms with Gasteiger partial charge in [0.25, 0.3) is 0 Å². The number of hydrogen-bond acceptors (Lipinski definition) is 5. The van der Waals surface area contributed by atoms with E-state index in [4.69, 9.17) is 14.6 Å². The lowest BCUT2D eigenvalue weighted by atomic mass is 10.1. The number of methoxy groups -OCH3 is 1. The molecule has 0 saturated carbocycles. The maximum atomic E-state index is 10.8. The predicted molar refractivity (Wildman–Crippen MR) is 92.8 cm³/mol. The summed E-state index contributed by atoms with van der Waals surface area (Å²) in [4.78, 5) is 15.2. The SMILES string of the molecule is COc1ccc(OCCN2CCCC(N(C)CC(=O)O)CC2)cc1. The molecule has 0 spiro atoms. The lowest BCUT2D eigenvalue weighted by Crippen LogP contribution is -2.37. The molecule has 1 unspecified atom stereocenters. The highest BCUT2D eigenvalue weighted by molar-refractivity contribution is 5.69. The molecule has 1 aliphatic rings. The average Bonchev–Trinajstić information content (AvgIpc) is 2.81. The maximum Gasteiger partial charge on any atom is 0.317 e. The summed E-state index contributed by atoms with van der Waals surface area (Å²) in [6, 6.07) is 7.97. The molecule has 134 valence electrons. The van der Waals surface area contributed by atoms with Crippen LogP contribution in [0.15, 0.2) is 24.3 Å². The minimum absolute atomic E-state index is 0.116. The Morgan fingerprint density at radius 3 is 2.62 bits per heavy atom. The van der Waals surface area contributed by atoms with Crippen LogP contribution < -0.4 is 9.47 Å². The molecule has 2 rings (SSSR count). The van der Waals surface area contributed by atoms with E-state index in [1.165, 1.54) is 0 Å². The van der Waals surface area contributed by atoms with Gasteiger partial charge in [0, 0.05) is 12.6 Å². The molecule has 1 atom stereocenters. The Morgan fingerprint density at radius 2 is 1.96 bits per heavy atom. The number of ether oxygens (including phenoxy) is 2. The molecule has 1 aliphatic heterocycles. The van der Waals surface area contributed by atoms with Crippen LogP contribution in [0.25, 0.3) is 0 Å². The fourth-order valence-corrected chi connectivity index (χ4v) is 3.11. The maximum absolute atomic E-state index is 10.8. The number of rotatable bonds is 8. The van der Waals surface area contributed by atoms with Crippen LogP contribution in [0, 0.1) is 0 Å². The van der Waals surface area contributed by atoms with E-state index < -0.39 is 5.97 Å². The van der Waals surface area contributed by atoms with Gasteiger partial charge in [-0.1, -0.05) is 0 Å². The number of carbonyl (C=O) groups is 1. The predicted octanol–water partition coefficient (Wildman–Crippen LogP) is 1.94. The number of aliphatic carboxylic acids is 1. The summed E-state index contributed by atoms with van der Waals surface area (Å²) < 4.78 is 10.9. The molecule has 1 aromatic rings. The second kappa shape index (κ2) is 9.49. The zero-order valence-corrected chi connectivity index (χ0v) is 14.6. The summed E-state index contributed by atoms with van der Waals surface area (Å²) in [5, 5.41) is 8.92. The first-order valence-electron chi connectivity index (χ1n) is 8.49. The largest absolute Gasteiger partial charge is 0.497 e. The van der Waals surface area contributed by atoms with Crippen LogP contribution in [0.2, 0.25) is 0 Å². The Bertz CT molecular complexity index is 506. The second-order valence-corrected chi connectivity index (χ2v) is 6.26. The Labute approximate surface area is 144 Å². The number of carboxylic acid groups (broad SMARTS) is 1. The quantitative estimate of drug-likeness (QED) is 0.783. The van der Waals surface area contributed by atoms with Crippen molar-refractivity contribution in [1.82, 2.24) is 9.80 Å². The van der Waals surface area contributed by atoms with E-state index in [0.29, 0.717) is 12.6 Å². The van der Waals surface area contributed by atoms with Crippen LogP contribution in [0.5, 0.6) is 11.5 Å². The monoisotopic (exact) mass is 336 g/mol. The molecule has 1 fully saturated rings. The highest BCUT2D eigenvalue weighted by Gasteiger charge is 2.21. The molecule has 0 aliphatic carbocycles. The normalized spacial score (nSPS) is 19.0. The van der Waals surface area contributed by atoms with Crippen LogP contribution in [0.1, 0.15) is 19.3 Å². The lowest BCUT2D eigenvalue weighted by Gasteiger charge is -2.25. The summed E-state index contributed by atoms with van der Waals surface area (Å²) >= 11 is 0. The highest BCUT2D eigenvalue weighted by atomic mass is 16.5. The number of likely N-dealkylation sites (tertiary alicyclic amines) is 1. The van der Waals surface area contributed by atoms with E-state index in [0.717, 1.165) is 50.4 Å². The van der Waals surface area contributed by atoms with E-state index in [-0.39, 0.29) is 6.54 Å². The highest BCUT2D eigenvalue weighted by Crippen LogP contribution is 2.18. The van der Waals surface area contributed by atoms with Crippen LogP contribution in [0.4, 0.5) is 0 Å². The zero-order valence-electron chi connectivity index (χ0n) is 14.6. The van der Waals surface area contributed by atoms with Crippen molar-refractivity contribution in [2.45, 2.75) is 25.3 Å². The molecule has 1 saturated heterocycles. The van der Waals surface area contributed by atoms with E-state index in [1.54, 1.807) is 7.11 Å². The average molecular weight is 336 g/mol. The number of likely N-dealkylation sites (N-methyl/N-ethyl adjacent to an activating group) is 1. The number of hydrogen-bond donors (Lipinski definition) is 1. The molecule has 1 aromatic carbocycles. The van der Waals surface area contributed by atoms with E-state index >= 15 is 0 Å². The summed E-state index contributed by atoms with van der Waals surface area (Å²) in [7, 11) is 3.55. The van der Waals surface area contributed by atoms with E-state index in [1.807, 2.05) is 36.2 Å². The van der Waals surface area contributed by atoms with Crippen LogP contribution in [-0.2, 0) is 4.79 Å². The van der Waals surface area contributed by atoms with Crippen molar-refractivity contribution in [3.8, 4) is 11.5 Å². The van der Waals surface area contributed by atoms with Crippen LogP contribution in [-0.4, -0.2) is 73.9 Å². The Kier molecular flexibility index (Phi) is 7.34. The van der Waals surface area contributed by atoms with E-state index in [9.17, 15) is 4.79 Å². The van der Waals surface area contributed by atoms with Crippen molar-refractivity contribution in [1.29, 1.82) is 0 Å². The molecule has 0 amide bonds. The standard InChI is InChI=1S/C18H28N2O4/c1-19(14-18(21)22)15-4-3-10-20(11-9-15)12-13-24-17-7-5-16(23-2)6-8-17/h5-8,15H,3-4,9-14H2,1-2H3,(H,21,22). The first-order chi connectivity index (χ1) is 11.6. The van der Waals surface area contributed by atoms with Gasteiger partial charge >= 0.3 is 5.97 Å². The summed E-state index contributed by atoms with van der Waals surface area (Å²) in [6.45, 7) is 3.69. The van der Waals surface area contributed by atoms with Gasteiger partial charge in [0.2, 0.25) is 0 Å². The van der Waals surface area contributed by atoms with Gasteiger partial charge in [0.15, 0.2) is 0 Å². The van der Waals surface area contributed by atoms with Crippen molar-refractivity contribution in [2.24, 2.45) is 0 Å². The molecule has 1 N–H and O–H groups in total. The van der Waals surface area contributed by atoms with Gasteiger partial charge < -0.3 is 14.6 Å². The fraction of sp³-hybridized carbons (Fsp3) is 0.611. The van der Waals surface area contributed by atoms with Gasteiger partial charge in [-0.15, -0.1) is 0 Å². The molecular weight excluding hydrogens is 308 g/mol. The van der Waals surface area contributed by atoms with Crippen LogP contribution >= 0.6 is 0 Å². The van der Waals surface area contributed by atoms with E-state index in [2.05, 4.69) is 4.90 Å². The topological polar surface area (TPSA) is 62.2 Å². The first kappa shape index (κ1) is 18.5. The summed E-state index contributed by atoms with van der Waals surface area (Å²) in [5.41, 5.74) is 0. The minimum atomic E-state index is -0.758. The van der Waals surface area contributed by atoms with Gasteiger partial charge in [-0.2, -0.15) is 0 Å². The second-order valence-electron chi connectivity index (χ2n) is 6.26. The van der Waals surface area contributed by atoms with Crippen molar-refractivity contribution in [3.05, 3.63) is 24.3 Å². The summed E-state index contributed by atoms with van der Waals surface area (Å²) in [6.07, 6.45) is 3.16. The molecule has 6 nitrogen and oxygen atoms in total. The third-order valence-electron chi connectivity index (χ3n) is 4.53. The first-order valence-corrected chi connectivity index (χ1v) is 8.49. The van der Waals surface area contributed by atoms with Crippen molar-refractivity contribution in [3.63, 3.8) is 0 Å². The third kappa shape index (κ3) is 6.02. The molecular formula is C18H28N2O4. The Balaban J connectivity index is 1.71. The summed E-state index contributed by atoms with van der Waals surface area (Å²) in [5.74, 6) is 0.919. The number of nitrogens with zero attached hydrogens (tertiary/aromatic N) is 2. The lowest BCUT2D eigenvalue weighted by molar-refractivity contribution is -0.138. The fourth-order valence-electron chi connectivity index (χ4n) is 3.11. The number of benzene rings is 1. The molecule has 0 aromatic heterocycles. The van der Waals surface area contributed by atoms with Gasteiger partial charge in [-0.05, 0) is 63.7 Å². The van der Waals surface area contributed by atoms with Crippen molar-refractivity contribution in [2.75, 3.05) is 46.9 Å². The molecule has 0 bridgehead atoms. The smallest absolute Gasteiger partial charge is 0.317 e. The number of carboxylic acids is 1. The minimum Gasteiger partial charge on any atom is -0.497 e. The molecule has 6 heteroatoms. The van der Waals surface area contributed by atoms with Crippen molar-refractivity contribution < 1.29 is 19.4 Å². The van der Waals surface area contributed by atoms with Gasteiger partial charge in [-0.25, -0.2) is 0 Å². The Morgan fingerprint density at radius 1 is 1.25 bits per heavy atom. The van der Waals surface area contributed by atoms with Gasteiger partial charge in [0.05, 0.1) is 13.7 Å². The van der Waals surface area contributed by atoms with Gasteiger partial charge in [-0.3, -0.25) is 14.6 Å². The third-order valence-corrected chi connectivity index (χ3v) is 4.53. The zero-order chi connectivity index (χ0) is 17.4. The van der Waals surface area contributed by atoms with Crippen molar-refractivity contribution >= 4 is 5.97 Å². The molecule has 1 heterocycles. The molecule has 24 heavy (non-hydrogen) atoms. The van der Waals surface area contributed by atoms with Gasteiger partial charge in [0.1, 0.15) is 18.1 Å². The molecule has 0 radical (unpaired) electrons. The Hall–Kier alpha value is -1.79. The van der Waals surface area contributed by atoms with Crippen LogP contribution in [0.3, 0.4) is 0 Å².